The zero-order valence-corrected chi connectivity index (χ0v) is 15.6. The minimum atomic E-state index is -1.21. The molecule has 2 heterocycles. The fourth-order valence-electron chi connectivity index (χ4n) is 3.31. The summed E-state index contributed by atoms with van der Waals surface area (Å²) in [4.78, 5) is 30.2. The van der Waals surface area contributed by atoms with Gasteiger partial charge in [-0.05, 0) is 18.2 Å². The molecule has 2 N–H and O–H groups in total. The highest BCUT2D eigenvalue weighted by Gasteiger charge is 2.55. The number of quaternary nitrogens is 1. The third kappa shape index (κ3) is 3.13. The molecule has 3 rings (SSSR count). The van der Waals surface area contributed by atoms with Crippen molar-refractivity contribution in [2.45, 2.75) is 12.6 Å². The Morgan fingerprint density at radius 1 is 1.37 bits per heavy atom. The van der Waals surface area contributed by atoms with Gasteiger partial charge in [0.05, 0.1) is 5.02 Å². The monoisotopic (exact) mass is 415 g/mol. The zero-order chi connectivity index (χ0) is 19.9. The first-order valence-electron chi connectivity index (χ1n) is 7.86. The largest absolute Gasteiger partial charge is 0.425 e. The van der Waals surface area contributed by atoms with Crippen molar-refractivity contribution in [1.29, 1.82) is 0 Å². The molecule has 0 saturated carbocycles. The molecule has 1 aliphatic heterocycles. The number of halogens is 4. The predicted octanol–water partition coefficient (Wildman–Crippen LogP) is 3.09. The average molecular weight is 416 g/mol. The van der Waals surface area contributed by atoms with Crippen LogP contribution < -0.4 is 10.2 Å². The van der Waals surface area contributed by atoms with E-state index in [1.165, 1.54) is 24.2 Å². The molecule has 1 saturated heterocycles. The molecule has 0 aliphatic carbocycles. The van der Waals surface area contributed by atoms with E-state index in [1.54, 1.807) is 12.1 Å². The van der Waals surface area contributed by atoms with Crippen LogP contribution in [0.5, 0.6) is 0 Å². The number of aromatic nitrogens is 1. The van der Waals surface area contributed by atoms with Crippen LogP contribution in [0.3, 0.4) is 0 Å². The summed E-state index contributed by atoms with van der Waals surface area (Å²) in [6.45, 7) is -0.209. The summed E-state index contributed by atoms with van der Waals surface area (Å²) in [5.74, 6) is -3.01. The molecule has 0 spiro atoms. The number of hydrogen-bond acceptors (Lipinski definition) is 3. The van der Waals surface area contributed by atoms with Gasteiger partial charge in [-0.15, -0.1) is 0 Å². The van der Waals surface area contributed by atoms with Gasteiger partial charge in [-0.25, -0.2) is 18.6 Å². The summed E-state index contributed by atoms with van der Waals surface area (Å²) < 4.78 is 26.9. The number of rotatable bonds is 4. The van der Waals surface area contributed by atoms with E-state index >= 15 is 0 Å². The first kappa shape index (κ1) is 19.5. The van der Waals surface area contributed by atoms with Crippen molar-refractivity contribution in [3.8, 4) is 0 Å². The van der Waals surface area contributed by atoms with Crippen molar-refractivity contribution in [2.24, 2.45) is 5.73 Å². The lowest BCUT2D eigenvalue weighted by Crippen LogP contribution is -2.51. The number of nitrogens with two attached hydrogens (primary N) is 1. The third-order valence-electron chi connectivity index (χ3n) is 4.70. The number of carbonyl (C=O) groups excluding carboxylic acids is 2. The van der Waals surface area contributed by atoms with Gasteiger partial charge in [-0.1, -0.05) is 23.2 Å². The maximum Gasteiger partial charge on any atom is 0.425 e. The van der Waals surface area contributed by atoms with E-state index in [0.29, 0.717) is 5.69 Å². The second-order valence-electron chi connectivity index (χ2n) is 6.27. The summed E-state index contributed by atoms with van der Waals surface area (Å²) in [7, 11) is 1.44. The van der Waals surface area contributed by atoms with Gasteiger partial charge in [0.1, 0.15) is 13.1 Å². The highest BCUT2D eigenvalue weighted by molar-refractivity contribution is 6.32. The molecule has 1 aromatic heterocycles. The number of urea groups is 1. The van der Waals surface area contributed by atoms with Crippen molar-refractivity contribution in [1.82, 2.24) is 14.4 Å². The number of carbonyl (C=O) groups is 2. The molecule has 6 nitrogen and oxygen atoms in total. The van der Waals surface area contributed by atoms with Crippen LogP contribution in [0.15, 0.2) is 30.5 Å². The van der Waals surface area contributed by atoms with Crippen LogP contribution in [-0.2, 0) is 11.3 Å². The SMILES string of the molecule is CN1C(=O)[N+](Cc2ccc(F)c(F)c2Cl)(c2cccnc2Cl)CC1C(N)=O. The molecule has 2 unspecified atom stereocenters. The van der Waals surface area contributed by atoms with Crippen molar-refractivity contribution >= 4 is 40.8 Å². The van der Waals surface area contributed by atoms with E-state index in [9.17, 15) is 18.4 Å². The van der Waals surface area contributed by atoms with Crippen LogP contribution in [0.2, 0.25) is 10.2 Å². The molecule has 27 heavy (non-hydrogen) atoms. The highest BCUT2D eigenvalue weighted by atomic mass is 35.5. The van der Waals surface area contributed by atoms with Gasteiger partial charge in [0.25, 0.3) is 0 Å². The van der Waals surface area contributed by atoms with Gasteiger partial charge in [0.15, 0.2) is 28.5 Å². The van der Waals surface area contributed by atoms with Gasteiger partial charge in [-0.3, -0.25) is 9.69 Å². The van der Waals surface area contributed by atoms with E-state index in [0.717, 1.165) is 6.07 Å². The minimum absolute atomic E-state index is 0.0445. The Kier molecular flexibility index (Phi) is 5.07. The Hall–Kier alpha value is -2.29. The Morgan fingerprint density at radius 3 is 2.67 bits per heavy atom. The lowest BCUT2D eigenvalue weighted by atomic mass is 10.1. The van der Waals surface area contributed by atoms with Gasteiger partial charge < -0.3 is 5.73 Å². The smallest absolute Gasteiger partial charge is 0.368 e. The van der Waals surface area contributed by atoms with Crippen LogP contribution in [0.4, 0.5) is 19.3 Å². The number of primary amides is 1. The maximum atomic E-state index is 13.9. The van der Waals surface area contributed by atoms with Crippen molar-refractivity contribution in [3.05, 3.63) is 57.8 Å². The Labute approximate surface area is 163 Å². The molecular weight excluding hydrogens is 401 g/mol. The first-order chi connectivity index (χ1) is 12.7. The van der Waals surface area contributed by atoms with Crippen LogP contribution in [0.1, 0.15) is 5.56 Å². The standard InChI is InChI=1S/C17H14Cl2F2N4O2/c1-24-11(16(22)26)8-25(17(24)27,12-3-2-6-23-15(12)19)7-9-4-5-10(20)14(21)13(9)18/h2-6,11H,7-8H2,1H3,(H-,22,26)/p+1. The number of nitrogens with zero attached hydrogens (tertiary/aromatic N) is 3. The lowest BCUT2D eigenvalue weighted by molar-refractivity contribution is -0.121. The number of amides is 3. The Bertz CT molecular complexity index is 943. The fourth-order valence-corrected chi connectivity index (χ4v) is 3.80. The highest BCUT2D eigenvalue weighted by Crippen LogP contribution is 2.39. The summed E-state index contributed by atoms with van der Waals surface area (Å²) in [6, 6.07) is 3.98. The second-order valence-corrected chi connectivity index (χ2v) is 7.00. The first-order valence-corrected chi connectivity index (χ1v) is 8.62. The maximum absolute atomic E-state index is 13.9. The summed E-state index contributed by atoms with van der Waals surface area (Å²) in [5, 5.41) is -0.395. The van der Waals surface area contributed by atoms with Gasteiger partial charge in [-0.2, -0.15) is 4.48 Å². The average Bonchev–Trinajstić information content (AvgIpc) is 2.89. The quantitative estimate of drug-likeness (QED) is 0.473. The summed E-state index contributed by atoms with van der Waals surface area (Å²) in [5.41, 5.74) is 5.92. The van der Waals surface area contributed by atoms with Gasteiger partial charge >= 0.3 is 6.03 Å². The zero-order valence-electron chi connectivity index (χ0n) is 14.1. The molecule has 1 fully saturated rings. The molecule has 1 aromatic carbocycles. The predicted molar refractivity (Wildman–Crippen MR) is 97.1 cm³/mol. The van der Waals surface area contributed by atoms with Crippen molar-refractivity contribution in [3.63, 3.8) is 0 Å². The second kappa shape index (κ2) is 7.03. The number of benzene rings is 1. The molecular formula is C17H15Cl2F2N4O2+. The molecule has 2 atom stereocenters. The van der Waals surface area contributed by atoms with Crippen LogP contribution in [0.25, 0.3) is 0 Å². The van der Waals surface area contributed by atoms with Crippen LogP contribution >= 0.6 is 23.2 Å². The summed E-state index contributed by atoms with van der Waals surface area (Å²) >= 11 is 12.2. The number of hydrogen-bond donors (Lipinski definition) is 1. The van der Waals surface area contributed by atoms with Gasteiger partial charge in [0.2, 0.25) is 5.91 Å². The Morgan fingerprint density at radius 2 is 2.07 bits per heavy atom. The molecule has 0 radical (unpaired) electrons. The third-order valence-corrected chi connectivity index (χ3v) is 5.40. The number of likely N-dealkylation sites (N-methyl/N-ethyl adjacent to an activating group) is 1. The lowest BCUT2D eigenvalue weighted by Gasteiger charge is -2.30. The van der Waals surface area contributed by atoms with E-state index in [-0.39, 0.29) is 23.8 Å². The van der Waals surface area contributed by atoms with Crippen molar-refractivity contribution < 1.29 is 18.4 Å². The van der Waals surface area contributed by atoms with Gasteiger partial charge in [0, 0.05) is 24.9 Å². The van der Waals surface area contributed by atoms with E-state index < -0.39 is 39.1 Å². The topological polar surface area (TPSA) is 76.3 Å². The molecule has 3 amide bonds. The minimum Gasteiger partial charge on any atom is -0.368 e. The fraction of sp³-hybridized carbons (Fsp3) is 0.235. The molecule has 10 heteroatoms. The molecule has 2 aromatic rings. The van der Waals surface area contributed by atoms with Crippen molar-refractivity contribution in [2.75, 3.05) is 13.6 Å². The molecule has 1 aliphatic rings. The van der Waals surface area contributed by atoms with Crippen LogP contribution in [-0.4, -0.2) is 41.5 Å². The van der Waals surface area contributed by atoms with E-state index in [1.807, 2.05) is 0 Å². The summed E-state index contributed by atoms with van der Waals surface area (Å²) in [6.07, 6.45) is 1.45. The molecule has 0 bridgehead atoms. The van der Waals surface area contributed by atoms with Crippen LogP contribution in [0, 0.1) is 11.6 Å². The van der Waals surface area contributed by atoms with E-state index in [2.05, 4.69) is 4.98 Å². The number of pyridine rings is 1. The molecule has 142 valence electrons. The Balaban J connectivity index is 2.19. The normalized spacial score (nSPS) is 22.3. The van der Waals surface area contributed by atoms with E-state index in [4.69, 9.17) is 28.9 Å².